The number of nitrogens with two attached hydrogens (primary N) is 1. The first-order valence-corrected chi connectivity index (χ1v) is 5.92. The first-order valence-electron chi connectivity index (χ1n) is 5.92. The quantitative estimate of drug-likeness (QED) is 0.764. The molecule has 0 aliphatic heterocycles. The smallest absolute Gasteiger partial charge is 0.123 e. The van der Waals surface area contributed by atoms with Crippen molar-refractivity contribution in [2.75, 3.05) is 5.73 Å². The van der Waals surface area contributed by atoms with Crippen molar-refractivity contribution < 1.29 is 0 Å². The van der Waals surface area contributed by atoms with E-state index in [4.69, 9.17) is 5.73 Å². The maximum atomic E-state index is 5.60. The lowest BCUT2D eigenvalue weighted by atomic mass is 10.2. The zero-order valence-electron chi connectivity index (χ0n) is 10.6. The fraction of sp³-hybridized carbons (Fsp3) is 0.154. The Bertz CT molecular complexity index is 679. The Kier molecular flexibility index (Phi) is 2.75. The second-order valence-corrected chi connectivity index (χ2v) is 4.40. The number of imidazole rings is 1. The lowest BCUT2D eigenvalue weighted by molar-refractivity contribution is 0.763. The summed E-state index contributed by atoms with van der Waals surface area (Å²) in [6, 6.07) is 3.73. The minimum Gasteiger partial charge on any atom is -0.384 e. The molecule has 3 rings (SSSR count). The largest absolute Gasteiger partial charge is 0.384 e. The molecule has 96 valence electrons. The van der Waals surface area contributed by atoms with Crippen molar-refractivity contribution in [2.24, 2.45) is 7.05 Å². The van der Waals surface area contributed by atoms with Gasteiger partial charge in [-0.3, -0.25) is 4.68 Å². The summed E-state index contributed by atoms with van der Waals surface area (Å²) in [5.41, 5.74) is 8.74. The van der Waals surface area contributed by atoms with E-state index in [0.29, 0.717) is 5.82 Å². The average molecular weight is 254 g/mol. The Hall–Kier alpha value is -2.63. The summed E-state index contributed by atoms with van der Waals surface area (Å²) in [7, 11) is 1.90. The summed E-state index contributed by atoms with van der Waals surface area (Å²) in [6.45, 7) is 0.730. The molecule has 3 aromatic heterocycles. The van der Waals surface area contributed by atoms with Gasteiger partial charge in [-0.05, 0) is 12.1 Å². The summed E-state index contributed by atoms with van der Waals surface area (Å²) in [5.74, 6) is 0.516. The summed E-state index contributed by atoms with van der Waals surface area (Å²) >= 11 is 0. The number of aryl methyl sites for hydroxylation is 1. The van der Waals surface area contributed by atoms with Crippen LogP contribution in [0.5, 0.6) is 0 Å². The molecule has 0 spiro atoms. The van der Waals surface area contributed by atoms with Crippen LogP contribution in [0.1, 0.15) is 5.56 Å². The topological polar surface area (TPSA) is 74.5 Å². The maximum absolute atomic E-state index is 5.60. The van der Waals surface area contributed by atoms with Crippen LogP contribution in [0, 0.1) is 0 Å². The monoisotopic (exact) mass is 254 g/mol. The molecule has 0 atom stereocenters. The number of hydrogen-bond acceptors (Lipinski definition) is 4. The molecule has 6 heteroatoms. The van der Waals surface area contributed by atoms with Gasteiger partial charge in [0, 0.05) is 30.6 Å². The minimum absolute atomic E-state index is 0.516. The Morgan fingerprint density at radius 2 is 2.11 bits per heavy atom. The average Bonchev–Trinajstić information content (AvgIpc) is 3.00. The van der Waals surface area contributed by atoms with Crippen molar-refractivity contribution >= 4 is 5.82 Å². The number of rotatable bonds is 3. The number of nitrogen functional groups attached to an aromatic ring is 1. The van der Waals surface area contributed by atoms with Crippen molar-refractivity contribution in [1.29, 1.82) is 0 Å². The van der Waals surface area contributed by atoms with E-state index in [2.05, 4.69) is 19.6 Å². The van der Waals surface area contributed by atoms with Gasteiger partial charge in [0.05, 0.1) is 31.0 Å². The Balaban J connectivity index is 1.92. The van der Waals surface area contributed by atoms with Gasteiger partial charge >= 0.3 is 0 Å². The number of pyridine rings is 1. The maximum Gasteiger partial charge on any atom is 0.123 e. The molecular formula is C13H14N6. The van der Waals surface area contributed by atoms with Crippen LogP contribution in [0.15, 0.2) is 43.2 Å². The summed E-state index contributed by atoms with van der Waals surface area (Å²) in [4.78, 5) is 8.31. The highest BCUT2D eigenvalue weighted by atomic mass is 15.2. The van der Waals surface area contributed by atoms with Crippen LogP contribution in [0.4, 0.5) is 5.82 Å². The fourth-order valence-corrected chi connectivity index (χ4v) is 1.99. The molecule has 0 radical (unpaired) electrons. The predicted octanol–water partition coefficient (Wildman–Crippen LogP) is 1.31. The van der Waals surface area contributed by atoms with Crippen LogP contribution >= 0.6 is 0 Å². The van der Waals surface area contributed by atoms with Crippen molar-refractivity contribution in [3.63, 3.8) is 0 Å². The lowest BCUT2D eigenvalue weighted by Gasteiger charge is -2.06. The van der Waals surface area contributed by atoms with Gasteiger partial charge < -0.3 is 10.3 Å². The Morgan fingerprint density at radius 3 is 2.79 bits per heavy atom. The molecule has 2 N–H and O–H groups in total. The third-order valence-electron chi connectivity index (χ3n) is 2.91. The highest BCUT2D eigenvalue weighted by Gasteiger charge is 2.07. The van der Waals surface area contributed by atoms with E-state index in [1.165, 1.54) is 0 Å². The standard InChI is InChI=1S/C13H14N6/c1-18-7-10(4-17-18)8-19-9-15-6-12(19)11-2-3-13(14)16-5-11/h2-7,9H,8H2,1H3,(H2,14,16). The predicted molar refractivity (Wildman–Crippen MR) is 72.2 cm³/mol. The molecule has 3 heterocycles. The van der Waals surface area contributed by atoms with E-state index in [-0.39, 0.29) is 0 Å². The van der Waals surface area contributed by atoms with Gasteiger partial charge in [0.2, 0.25) is 0 Å². The van der Waals surface area contributed by atoms with Crippen molar-refractivity contribution in [3.05, 3.63) is 48.8 Å². The molecule has 0 aromatic carbocycles. The molecule has 0 bridgehead atoms. The van der Waals surface area contributed by atoms with Gasteiger partial charge in [0.1, 0.15) is 5.82 Å². The molecular weight excluding hydrogens is 240 g/mol. The summed E-state index contributed by atoms with van der Waals surface area (Å²) in [5, 5.41) is 4.17. The first kappa shape index (κ1) is 11.5. The molecule has 0 aliphatic rings. The van der Waals surface area contributed by atoms with E-state index < -0.39 is 0 Å². The summed E-state index contributed by atoms with van der Waals surface area (Å²) in [6.07, 6.45) is 9.23. The van der Waals surface area contributed by atoms with Crippen LogP contribution in [0.25, 0.3) is 11.3 Å². The fourth-order valence-electron chi connectivity index (χ4n) is 1.99. The minimum atomic E-state index is 0.516. The van der Waals surface area contributed by atoms with Gasteiger partial charge in [-0.1, -0.05) is 0 Å². The zero-order chi connectivity index (χ0) is 13.2. The molecule has 6 nitrogen and oxygen atoms in total. The van der Waals surface area contributed by atoms with Crippen LogP contribution in [0.3, 0.4) is 0 Å². The molecule has 0 aliphatic carbocycles. The molecule has 0 amide bonds. The van der Waals surface area contributed by atoms with E-state index in [9.17, 15) is 0 Å². The molecule has 3 aromatic rings. The SMILES string of the molecule is Cn1cc(Cn2cncc2-c2ccc(N)nc2)cn1. The molecule has 0 saturated carbocycles. The van der Waals surface area contributed by atoms with E-state index >= 15 is 0 Å². The van der Waals surface area contributed by atoms with E-state index in [1.54, 1.807) is 23.3 Å². The molecule has 0 saturated heterocycles. The Morgan fingerprint density at radius 1 is 1.21 bits per heavy atom. The van der Waals surface area contributed by atoms with E-state index in [1.807, 2.05) is 31.7 Å². The van der Waals surface area contributed by atoms with Crippen molar-refractivity contribution in [3.8, 4) is 11.3 Å². The van der Waals surface area contributed by atoms with E-state index in [0.717, 1.165) is 23.4 Å². The van der Waals surface area contributed by atoms with Crippen LogP contribution in [-0.4, -0.2) is 24.3 Å². The van der Waals surface area contributed by atoms with Gasteiger partial charge in [-0.25, -0.2) is 9.97 Å². The van der Waals surface area contributed by atoms with Crippen LogP contribution < -0.4 is 5.73 Å². The van der Waals surface area contributed by atoms with Crippen molar-refractivity contribution in [1.82, 2.24) is 24.3 Å². The Labute approximate surface area is 110 Å². The van der Waals surface area contributed by atoms with Gasteiger partial charge in [-0.2, -0.15) is 5.10 Å². The summed E-state index contributed by atoms with van der Waals surface area (Å²) < 4.78 is 3.85. The highest BCUT2D eigenvalue weighted by molar-refractivity contribution is 5.59. The van der Waals surface area contributed by atoms with Crippen LogP contribution in [0.2, 0.25) is 0 Å². The third-order valence-corrected chi connectivity index (χ3v) is 2.91. The van der Waals surface area contributed by atoms with Crippen LogP contribution in [-0.2, 0) is 13.6 Å². The first-order chi connectivity index (χ1) is 9.22. The second-order valence-electron chi connectivity index (χ2n) is 4.40. The number of hydrogen-bond donors (Lipinski definition) is 1. The van der Waals surface area contributed by atoms with Crippen molar-refractivity contribution in [2.45, 2.75) is 6.54 Å². The molecule has 0 unspecified atom stereocenters. The molecule has 0 fully saturated rings. The second kappa shape index (κ2) is 4.56. The normalized spacial score (nSPS) is 10.8. The number of nitrogens with zero attached hydrogens (tertiary/aromatic N) is 5. The van der Waals surface area contributed by atoms with Gasteiger partial charge in [-0.15, -0.1) is 0 Å². The number of anilines is 1. The lowest BCUT2D eigenvalue weighted by Crippen LogP contribution is -2.00. The third kappa shape index (κ3) is 2.33. The van der Waals surface area contributed by atoms with Gasteiger partial charge in [0.25, 0.3) is 0 Å². The zero-order valence-corrected chi connectivity index (χ0v) is 10.6. The number of aromatic nitrogens is 5. The molecule has 19 heavy (non-hydrogen) atoms. The van der Waals surface area contributed by atoms with Gasteiger partial charge in [0.15, 0.2) is 0 Å². The highest BCUT2D eigenvalue weighted by Crippen LogP contribution is 2.19.